The first kappa shape index (κ1) is 10.5. The molecule has 0 N–H and O–H groups in total. The second-order valence-corrected chi connectivity index (χ2v) is 3.44. The molecule has 3 rings (SSSR count). The largest absolute Gasteiger partial charge is 0.497 e. The SMILES string of the molecule is C1=CCOC=C1.c1ccc2ccccc2c1. The van der Waals surface area contributed by atoms with Crippen LogP contribution in [-0.4, -0.2) is 6.61 Å². The first-order valence-electron chi connectivity index (χ1n) is 5.34. The molecule has 0 amide bonds. The van der Waals surface area contributed by atoms with E-state index in [4.69, 9.17) is 4.74 Å². The topological polar surface area (TPSA) is 9.23 Å². The van der Waals surface area contributed by atoms with E-state index in [1.807, 2.05) is 18.2 Å². The average Bonchev–Trinajstić information content (AvgIpc) is 2.42. The molecule has 0 aromatic heterocycles. The number of hydrogen-bond donors (Lipinski definition) is 0. The third kappa shape index (κ3) is 2.99. The van der Waals surface area contributed by atoms with Gasteiger partial charge in [-0.1, -0.05) is 54.6 Å². The summed E-state index contributed by atoms with van der Waals surface area (Å²) in [5, 5.41) is 2.62. The lowest BCUT2D eigenvalue weighted by Crippen LogP contribution is -1.82. The number of hydrogen-bond acceptors (Lipinski definition) is 1. The molecule has 0 spiro atoms. The van der Waals surface area contributed by atoms with Crippen molar-refractivity contribution in [3.05, 3.63) is 73.0 Å². The molecule has 2 aromatic carbocycles. The molecule has 0 fully saturated rings. The van der Waals surface area contributed by atoms with Crippen LogP contribution in [0.25, 0.3) is 10.8 Å². The van der Waals surface area contributed by atoms with Gasteiger partial charge in [0, 0.05) is 0 Å². The van der Waals surface area contributed by atoms with Crippen LogP contribution in [-0.2, 0) is 4.74 Å². The first-order chi connectivity index (χ1) is 7.97. The van der Waals surface area contributed by atoms with Gasteiger partial charge >= 0.3 is 0 Å². The molecule has 0 unspecified atom stereocenters. The molecule has 0 atom stereocenters. The fourth-order valence-corrected chi connectivity index (χ4v) is 1.48. The number of benzene rings is 2. The van der Waals surface area contributed by atoms with Crippen LogP contribution in [0.1, 0.15) is 0 Å². The third-order valence-electron chi connectivity index (χ3n) is 2.27. The molecule has 1 nitrogen and oxygen atoms in total. The molecule has 0 saturated heterocycles. The molecular weight excluding hydrogens is 196 g/mol. The van der Waals surface area contributed by atoms with Crippen molar-refractivity contribution in [2.75, 3.05) is 6.61 Å². The lowest BCUT2D eigenvalue weighted by molar-refractivity contribution is 0.286. The van der Waals surface area contributed by atoms with E-state index in [9.17, 15) is 0 Å². The summed E-state index contributed by atoms with van der Waals surface area (Å²) in [5.74, 6) is 0. The van der Waals surface area contributed by atoms with Gasteiger partial charge in [0.05, 0.1) is 6.26 Å². The maximum Gasteiger partial charge on any atom is 0.106 e. The van der Waals surface area contributed by atoms with E-state index < -0.39 is 0 Å². The van der Waals surface area contributed by atoms with E-state index in [0.29, 0.717) is 0 Å². The predicted octanol–water partition coefficient (Wildman–Crippen LogP) is 3.93. The minimum absolute atomic E-state index is 0.733. The summed E-state index contributed by atoms with van der Waals surface area (Å²) in [7, 11) is 0. The highest BCUT2D eigenvalue weighted by molar-refractivity contribution is 5.81. The molecule has 0 bridgehead atoms. The summed E-state index contributed by atoms with van der Waals surface area (Å²) in [5.41, 5.74) is 0. The number of rotatable bonds is 0. The van der Waals surface area contributed by atoms with Crippen molar-refractivity contribution in [2.24, 2.45) is 0 Å². The minimum Gasteiger partial charge on any atom is -0.497 e. The van der Waals surface area contributed by atoms with Gasteiger partial charge in [-0.3, -0.25) is 0 Å². The van der Waals surface area contributed by atoms with Crippen LogP contribution in [0.15, 0.2) is 73.0 Å². The van der Waals surface area contributed by atoms with Gasteiger partial charge in [0.1, 0.15) is 6.61 Å². The van der Waals surface area contributed by atoms with Gasteiger partial charge in [-0.25, -0.2) is 0 Å². The maximum atomic E-state index is 4.80. The van der Waals surface area contributed by atoms with Crippen molar-refractivity contribution in [1.82, 2.24) is 0 Å². The van der Waals surface area contributed by atoms with Crippen LogP contribution in [0.4, 0.5) is 0 Å². The summed E-state index contributed by atoms with van der Waals surface area (Å²) < 4.78 is 4.80. The van der Waals surface area contributed by atoms with Crippen molar-refractivity contribution in [3.8, 4) is 0 Å². The van der Waals surface area contributed by atoms with E-state index in [2.05, 4.69) is 48.5 Å². The molecule has 0 radical (unpaired) electrons. The van der Waals surface area contributed by atoms with Crippen LogP contribution in [0.5, 0.6) is 0 Å². The smallest absolute Gasteiger partial charge is 0.106 e. The van der Waals surface area contributed by atoms with Crippen molar-refractivity contribution < 1.29 is 4.74 Å². The Morgan fingerprint density at radius 1 is 0.750 bits per heavy atom. The second-order valence-electron chi connectivity index (χ2n) is 3.44. The second kappa shape index (κ2) is 5.76. The van der Waals surface area contributed by atoms with Crippen LogP contribution in [0, 0.1) is 0 Å². The van der Waals surface area contributed by atoms with Crippen LogP contribution >= 0.6 is 0 Å². The van der Waals surface area contributed by atoms with Gasteiger partial charge in [0.2, 0.25) is 0 Å². The Bertz CT molecular complexity index is 420. The fraction of sp³-hybridized carbons (Fsp3) is 0.0667. The zero-order valence-corrected chi connectivity index (χ0v) is 9.04. The molecular formula is C15H14O. The molecule has 80 valence electrons. The van der Waals surface area contributed by atoms with Crippen LogP contribution < -0.4 is 0 Å². The number of ether oxygens (including phenoxy) is 1. The van der Waals surface area contributed by atoms with Crippen LogP contribution in [0.3, 0.4) is 0 Å². The van der Waals surface area contributed by atoms with E-state index in [1.54, 1.807) is 6.26 Å². The molecule has 1 heterocycles. The van der Waals surface area contributed by atoms with Gasteiger partial charge in [-0.15, -0.1) is 0 Å². The Morgan fingerprint density at radius 3 is 1.56 bits per heavy atom. The van der Waals surface area contributed by atoms with Gasteiger partial charge in [0.25, 0.3) is 0 Å². The van der Waals surface area contributed by atoms with Crippen molar-refractivity contribution in [2.45, 2.75) is 0 Å². The van der Waals surface area contributed by atoms with E-state index in [-0.39, 0.29) is 0 Å². The molecule has 0 aliphatic carbocycles. The fourth-order valence-electron chi connectivity index (χ4n) is 1.48. The normalized spacial score (nSPS) is 12.8. The highest BCUT2D eigenvalue weighted by Gasteiger charge is 1.85. The zero-order chi connectivity index (χ0) is 11.1. The monoisotopic (exact) mass is 210 g/mol. The summed E-state index contributed by atoms with van der Waals surface area (Å²) in [4.78, 5) is 0. The summed E-state index contributed by atoms with van der Waals surface area (Å²) in [6, 6.07) is 16.7. The number of fused-ring (bicyclic) bond motifs is 1. The Balaban J connectivity index is 0.000000138. The standard InChI is InChI=1S/C10H8.C5H6O/c1-2-6-10-8-4-3-7-9(10)5-1;1-2-4-6-5-3-1/h1-8H;1-4H,5H2. The van der Waals surface area contributed by atoms with E-state index in [0.717, 1.165) is 6.61 Å². The third-order valence-corrected chi connectivity index (χ3v) is 2.27. The highest BCUT2D eigenvalue weighted by Crippen LogP contribution is 2.11. The Hall–Kier alpha value is -2.02. The van der Waals surface area contributed by atoms with Gasteiger partial charge in [0.15, 0.2) is 0 Å². The maximum absolute atomic E-state index is 4.80. The molecule has 2 aromatic rings. The lowest BCUT2D eigenvalue weighted by Gasteiger charge is -1.94. The summed E-state index contributed by atoms with van der Waals surface area (Å²) in [6.07, 6.45) is 7.47. The summed E-state index contributed by atoms with van der Waals surface area (Å²) >= 11 is 0. The first-order valence-corrected chi connectivity index (χ1v) is 5.34. The lowest BCUT2D eigenvalue weighted by atomic mass is 10.1. The Morgan fingerprint density at radius 2 is 1.31 bits per heavy atom. The van der Waals surface area contributed by atoms with E-state index in [1.165, 1.54) is 10.8 Å². The van der Waals surface area contributed by atoms with Crippen molar-refractivity contribution in [3.63, 3.8) is 0 Å². The quantitative estimate of drug-likeness (QED) is 0.640. The van der Waals surface area contributed by atoms with Crippen molar-refractivity contribution in [1.29, 1.82) is 0 Å². The predicted molar refractivity (Wildman–Crippen MR) is 68.2 cm³/mol. The zero-order valence-electron chi connectivity index (χ0n) is 9.04. The molecule has 16 heavy (non-hydrogen) atoms. The average molecular weight is 210 g/mol. The minimum atomic E-state index is 0.733. The Labute approximate surface area is 95.7 Å². The highest BCUT2D eigenvalue weighted by atomic mass is 16.5. The van der Waals surface area contributed by atoms with Gasteiger partial charge in [-0.05, 0) is 22.9 Å². The van der Waals surface area contributed by atoms with E-state index >= 15 is 0 Å². The van der Waals surface area contributed by atoms with Crippen LogP contribution in [0.2, 0.25) is 0 Å². The molecule has 1 heteroatoms. The number of allylic oxidation sites excluding steroid dienone is 2. The molecule has 1 aliphatic heterocycles. The Kier molecular flexibility index (Phi) is 3.78. The van der Waals surface area contributed by atoms with Gasteiger partial charge < -0.3 is 4.74 Å². The summed E-state index contributed by atoms with van der Waals surface area (Å²) in [6.45, 7) is 0.733. The molecule has 0 saturated carbocycles. The van der Waals surface area contributed by atoms with Gasteiger partial charge in [-0.2, -0.15) is 0 Å². The van der Waals surface area contributed by atoms with Crippen molar-refractivity contribution >= 4 is 10.8 Å². The molecule has 1 aliphatic rings.